The molecule has 0 amide bonds. The van der Waals surface area contributed by atoms with Gasteiger partial charge in [0.15, 0.2) is 12.4 Å². The third-order valence-electron chi connectivity index (χ3n) is 3.92. The minimum Gasteiger partial charge on any atom is -0.454 e. The molecule has 0 aromatic heterocycles. The molecule has 2 fully saturated rings. The molecule has 0 radical (unpaired) electrons. The van der Waals surface area contributed by atoms with Crippen LogP contribution in [-0.4, -0.2) is 54.9 Å². The van der Waals surface area contributed by atoms with Gasteiger partial charge in [-0.25, -0.2) is 4.79 Å². The van der Waals surface area contributed by atoms with Crippen LogP contribution < -0.4 is 0 Å². The van der Waals surface area contributed by atoms with Gasteiger partial charge < -0.3 is 24.1 Å². The Morgan fingerprint density at radius 3 is 2.60 bits per heavy atom. The van der Waals surface area contributed by atoms with Crippen LogP contribution in [0, 0.1) is 5.41 Å². The summed E-state index contributed by atoms with van der Waals surface area (Å²) in [7, 11) is 1.37. The lowest BCUT2D eigenvalue weighted by molar-refractivity contribution is -0.190. The Labute approximate surface area is 117 Å². The molecular formula is C13H20O7. The number of aliphatic hydroxyl groups is 1. The second-order valence-corrected chi connectivity index (χ2v) is 5.66. The first-order chi connectivity index (χ1) is 9.31. The maximum atomic E-state index is 12.0. The quantitative estimate of drug-likeness (QED) is 0.727. The minimum atomic E-state index is -1.16. The Hall–Kier alpha value is -1.18. The Bertz CT molecular complexity index is 406. The number of ether oxygens (including phenoxy) is 4. The standard InChI is InChI=1S/C13H20O7/c1-5-13(2,3)12(16)20-9-8-7(18-10(9)15)6(14)11(17-4)19-8/h6-9,11,14H,5H2,1-4H3. The fourth-order valence-corrected chi connectivity index (χ4v) is 2.11. The normalized spacial score (nSPS) is 36.6. The van der Waals surface area contributed by atoms with Gasteiger partial charge in [0.1, 0.15) is 12.2 Å². The van der Waals surface area contributed by atoms with Crippen molar-refractivity contribution in [3.63, 3.8) is 0 Å². The summed E-state index contributed by atoms with van der Waals surface area (Å²) in [6.45, 7) is 5.32. The van der Waals surface area contributed by atoms with Crippen molar-refractivity contribution in [1.82, 2.24) is 0 Å². The fourth-order valence-electron chi connectivity index (χ4n) is 2.11. The summed E-state index contributed by atoms with van der Waals surface area (Å²) < 4.78 is 20.6. The van der Waals surface area contributed by atoms with E-state index in [4.69, 9.17) is 18.9 Å². The number of rotatable bonds is 4. The third kappa shape index (κ3) is 2.41. The zero-order chi connectivity index (χ0) is 15.1. The molecule has 20 heavy (non-hydrogen) atoms. The van der Waals surface area contributed by atoms with Crippen LogP contribution in [0.3, 0.4) is 0 Å². The third-order valence-corrected chi connectivity index (χ3v) is 3.92. The highest BCUT2D eigenvalue weighted by atomic mass is 16.7. The summed E-state index contributed by atoms with van der Waals surface area (Å²) in [5.41, 5.74) is -0.698. The van der Waals surface area contributed by atoms with E-state index in [1.807, 2.05) is 6.92 Å². The molecule has 114 valence electrons. The summed E-state index contributed by atoms with van der Waals surface area (Å²) >= 11 is 0. The number of carbonyl (C=O) groups is 2. The van der Waals surface area contributed by atoms with Crippen LogP contribution in [-0.2, 0) is 28.5 Å². The molecule has 5 atom stereocenters. The molecule has 2 aliphatic heterocycles. The van der Waals surface area contributed by atoms with Crippen LogP contribution in [0.1, 0.15) is 27.2 Å². The Morgan fingerprint density at radius 1 is 1.40 bits per heavy atom. The molecule has 7 nitrogen and oxygen atoms in total. The van der Waals surface area contributed by atoms with E-state index in [1.165, 1.54) is 7.11 Å². The van der Waals surface area contributed by atoms with E-state index >= 15 is 0 Å². The molecule has 0 saturated carbocycles. The van der Waals surface area contributed by atoms with Crippen molar-refractivity contribution in [3.05, 3.63) is 0 Å². The fraction of sp³-hybridized carbons (Fsp3) is 0.846. The Kier molecular flexibility index (Phi) is 4.04. The van der Waals surface area contributed by atoms with Crippen molar-refractivity contribution in [3.8, 4) is 0 Å². The molecule has 0 bridgehead atoms. The number of hydrogen-bond donors (Lipinski definition) is 1. The lowest BCUT2D eigenvalue weighted by atomic mass is 9.90. The van der Waals surface area contributed by atoms with Crippen molar-refractivity contribution in [2.75, 3.05) is 7.11 Å². The number of esters is 2. The number of hydrogen-bond acceptors (Lipinski definition) is 7. The molecule has 2 rings (SSSR count). The minimum absolute atomic E-state index is 0.499. The van der Waals surface area contributed by atoms with Gasteiger partial charge in [-0.1, -0.05) is 6.92 Å². The molecule has 0 aromatic rings. The molecule has 0 aromatic carbocycles. The molecule has 2 saturated heterocycles. The van der Waals surface area contributed by atoms with E-state index in [-0.39, 0.29) is 0 Å². The zero-order valence-corrected chi connectivity index (χ0v) is 12.0. The van der Waals surface area contributed by atoms with Gasteiger partial charge in [-0.15, -0.1) is 0 Å². The van der Waals surface area contributed by atoms with Crippen molar-refractivity contribution >= 4 is 11.9 Å². The summed E-state index contributed by atoms with van der Waals surface area (Å²) in [5, 5.41) is 9.87. The molecule has 2 aliphatic rings. The first-order valence-corrected chi connectivity index (χ1v) is 6.59. The predicted octanol–water partition coefficient (Wildman–Crippen LogP) is -0.00800. The highest BCUT2D eigenvalue weighted by Gasteiger charge is 2.59. The first kappa shape index (κ1) is 15.2. The monoisotopic (exact) mass is 288 g/mol. The van der Waals surface area contributed by atoms with Crippen LogP contribution in [0.5, 0.6) is 0 Å². The van der Waals surface area contributed by atoms with Crippen molar-refractivity contribution in [1.29, 1.82) is 0 Å². The van der Waals surface area contributed by atoms with E-state index in [0.717, 1.165) is 0 Å². The van der Waals surface area contributed by atoms with Gasteiger partial charge in [-0.3, -0.25) is 4.79 Å². The average Bonchev–Trinajstić information content (AvgIpc) is 2.88. The zero-order valence-electron chi connectivity index (χ0n) is 12.0. The maximum Gasteiger partial charge on any atom is 0.350 e. The van der Waals surface area contributed by atoms with Crippen molar-refractivity contribution in [2.45, 2.75) is 57.9 Å². The summed E-state index contributed by atoms with van der Waals surface area (Å²) in [6.07, 6.45) is -4.26. The van der Waals surface area contributed by atoms with E-state index in [2.05, 4.69) is 0 Å². The van der Waals surface area contributed by atoms with Gasteiger partial charge in [0.2, 0.25) is 6.10 Å². The van der Waals surface area contributed by atoms with Gasteiger partial charge in [-0.05, 0) is 20.3 Å². The second kappa shape index (κ2) is 5.31. The Morgan fingerprint density at radius 2 is 2.05 bits per heavy atom. The highest BCUT2D eigenvalue weighted by molar-refractivity contribution is 5.84. The molecule has 5 unspecified atom stereocenters. The molecular weight excluding hydrogens is 268 g/mol. The van der Waals surface area contributed by atoms with Gasteiger partial charge in [-0.2, -0.15) is 0 Å². The highest BCUT2D eigenvalue weighted by Crippen LogP contribution is 2.35. The SMILES string of the molecule is CCC(C)(C)C(=O)OC1C(=O)OC2C(O)C(OC)OC12. The van der Waals surface area contributed by atoms with Crippen LogP contribution >= 0.6 is 0 Å². The lowest BCUT2D eigenvalue weighted by Gasteiger charge is -2.23. The molecule has 0 spiro atoms. The van der Waals surface area contributed by atoms with E-state index in [1.54, 1.807) is 13.8 Å². The molecule has 7 heteroatoms. The Balaban J connectivity index is 2.09. The topological polar surface area (TPSA) is 91.3 Å². The van der Waals surface area contributed by atoms with Gasteiger partial charge in [0.25, 0.3) is 0 Å². The molecule has 2 heterocycles. The summed E-state index contributed by atoms with van der Waals surface area (Å²) in [5.74, 6) is -1.20. The summed E-state index contributed by atoms with van der Waals surface area (Å²) in [6, 6.07) is 0. The second-order valence-electron chi connectivity index (χ2n) is 5.66. The molecule has 1 N–H and O–H groups in total. The largest absolute Gasteiger partial charge is 0.454 e. The van der Waals surface area contributed by atoms with Crippen LogP contribution in [0.15, 0.2) is 0 Å². The van der Waals surface area contributed by atoms with Gasteiger partial charge in [0, 0.05) is 7.11 Å². The number of fused-ring (bicyclic) bond motifs is 1. The van der Waals surface area contributed by atoms with E-state index in [9.17, 15) is 14.7 Å². The van der Waals surface area contributed by atoms with Gasteiger partial charge >= 0.3 is 11.9 Å². The predicted molar refractivity (Wildman–Crippen MR) is 65.5 cm³/mol. The van der Waals surface area contributed by atoms with E-state index < -0.39 is 48.1 Å². The molecule has 0 aliphatic carbocycles. The first-order valence-electron chi connectivity index (χ1n) is 6.59. The maximum absolute atomic E-state index is 12.0. The number of methoxy groups -OCH3 is 1. The summed E-state index contributed by atoms with van der Waals surface area (Å²) in [4.78, 5) is 23.8. The lowest BCUT2D eigenvalue weighted by Crippen LogP contribution is -2.39. The van der Waals surface area contributed by atoms with Crippen LogP contribution in [0.4, 0.5) is 0 Å². The van der Waals surface area contributed by atoms with Crippen LogP contribution in [0.2, 0.25) is 0 Å². The van der Waals surface area contributed by atoms with Crippen molar-refractivity contribution in [2.24, 2.45) is 5.41 Å². The van der Waals surface area contributed by atoms with Crippen molar-refractivity contribution < 1.29 is 33.6 Å². The number of carbonyl (C=O) groups excluding carboxylic acids is 2. The smallest absolute Gasteiger partial charge is 0.350 e. The van der Waals surface area contributed by atoms with E-state index in [0.29, 0.717) is 6.42 Å². The van der Waals surface area contributed by atoms with Gasteiger partial charge in [0.05, 0.1) is 5.41 Å². The number of aliphatic hydroxyl groups excluding tert-OH is 1. The average molecular weight is 288 g/mol. The van der Waals surface area contributed by atoms with Crippen LogP contribution in [0.25, 0.3) is 0 Å².